The Labute approximate surface area is 321 Å². The fourth-order valence-electron chi connectivity index (χ4n) is 6.89. The first kappa shape index (κ1) is 51.5. The molecule has 0 saturated heterocycles. The van der Waals surface area contributed by atoms with Crippen LogP contribution in [-0.4, -0.2) is 59.0 Å². The molecule has 10 heteroatoms. The number of carbonyl (C=O) groups excluding carboxylic acids is 1. The molecule has 0 aliphatic carbocycles. The number of carbonyl (C=O) groups is 1. The molecule has 0 aliphatic heterocycles. The monoisotopic (exact) mass is 763 g/mol. The van der Waals surface area contributed by atoms with Crippen molar-refractivity contribution in [3.63, 3.8) is 0 Å². The summed E-state index contributed by atoms with van der Waals surface area (Å²) in [6.45, 7) is 4.07. The fourth-order valence-corrected chi connectivity index (χ4v) is 7.65. The zero-order chi connectivity index (χ0) is 38.4. The first-order valence-electron chi connectivity index (χ1n) is 22.2. The molecule has 0 rings (SSSR count). The highest BCUT2D eigenvalue weighted by Crippen LogP contribution is 2.43. The summed E-state index contributed by atoms with van der Waals surface area (Å²) >= 11 is 0. The molecule has 0 bridgehead atoms. The van der Waals surface area contributed by atoms with Crippen molar-refractivity contribution in [2.45, 2.75) is 244 Å². The minimum atomic E-state index is -4.37. The molecule has 0 spiro atoms. The van der Waals surface area contributed by atoms with E-state index in [0.29, 0.717) is 12.8 Å². The van der Waals surface area contributed by atoms with Crippen LogP contribution in [0, 0.1) is 0 Å². The van der Waals surface area contributed by atoms with Crippen LogP contribution >= 0.6 is 7.82 Å². The zero-order valence-corrected chi connectivity index (χ0v) is 35.1. The third kappa shape index (κ3) is 36.4. The van der Waals surface area contributed by atoms with Gasteiger partial charge in [-0.1, -0.05) is 206 Å². The molecule has 0 fully saturated rings. The van der Waals surface area contributed by atoms with E-state index in [9.17, 15) is 24.5 Å². The summed E-state index contributed by atoms with van der Waals surface area (Å²) in [5.41, 5.74) is 5.37. The lowest BCUT2D eigenvalue weighted by molar-refractivity contribution is -0.125. The van der Waals surface area contributed by atoms with Gasteiger partial charge in [-0.05, 0) is 12.8 Å². The van der Waals surface area contributed by atoms with E-state index in [0.717, 1.165) is 38.5 Å². The molecule has 0 aliphatic rings. The van der Waals surface area contributed by atoms with Crippen molar-refractivity contribution in [3.05, 3.63) is 0 Å². The maximum Gasteiger partial charge on any atom is 0.472 e. The van der Waals surface area contributed by atoms with Crippen LogP contribution in [0.1, 0.15) is 226 Å². The van der Waals surface area contributed by atoms with E-state index in [4.69, 9.17) is 14.8 Å². The average Bonchev–Trinajstić information content (AvgIpc) is 3.12. The molecule has 4 unspecified atom stereocenters. The summed E-state index contributed by atoms with van der Waals surface area (Å²) in [7, 11) is -4.37. The van der Waals surface area contributed by atoms with Gasteiger partial charge in [-0.15, -0.1) is 0 Å². The predicted molar refractivity (Wildman–Crippen MR) is 218 cm³/mol. The lowest BCUT2D eigenvalue weighted by atomic mass is 10.0. The summed E-state index contributed by atoms with van der Waals surface area (Å²) in [5, 5.41) is 24.2. The van der Waals surface area contributed by atoms with Gasteiger partial charge in [0.05, 0.1) is 37.9 Å². The van der Waals surface area contributed by atoms with Gasteiger partial charge in [-0.2, -0.15) is 0 Å². The van der Waals surface area contributed by atoms with Gasteiger partial charge >= 0.3 is 7.82 Å². The first-order valence-corrected chi connectivity index (χ1v) is 23.7. The summed E-state index contributed by atoms with van der Waals surface area (Å²) < 4.78 is 22.1. The number of aliphatic hydroxyl groups excluding tert-OH is 2. The number of phosphoric acid groups is 1. The van der Waals surface area contributed by atoms with Crippen molar-refractivity contribution < 1.29 is 33.5 Å². The Kier molecular flexibility index (Phi) is 38.3. The van der Waals surface area contributed by atoms with E-state index in [1.807, 2.05) is 0 Å². The van der Waals surface area contributed by atoms with Gasteiger partial charge in [0.1, 0.15) is 0 Å². The smallest absolute Gasteiger partial charge is 0.393 e. The number of hydrogen-bond donors (Lipinski definition) is 5. The second kappa shape index (κ2) is 38.7. The molecular formula is C42H87N2O7P. The van der Waals surface area contributed by atoms with Gasteiger partial charge in [-0.25, -0.2) is 4.57 Å². The highest BCUT2D eigenvalue weighted by Gasteiger charge is 2.28. The second-order valence-corrected chi connectivity index (χ2v) is 16.9. The summed E-state index contributed by atoms with van der Waals surface area (Å²) in [4.78, 5) is 22.8. The van der Waals surface area contributed by atoms with Crippen LogP contribution in [0.25, 0.3) is 0 Å². The van der Waals surface area contributed by atoms with E-state index in [1.165, 1.54) is 154 Å². The highest BCUT2D eigenvalue weighted by molar-refractivity contribution is 7.47. The Morgan fingerprint density at radius 2 is 0.923 bits per heavy atom. The van der Waals surface area contributed by atoms with Crippen molar-refractivity contribution in [1.82, 2.24) is 5.32 Å². The summed E-state index contributed by atoms with van der Waals surface area (Å²) in [5.74, 6) is -0.409. The number of phosphoric ester groups is 1. The van der Waals surface area contributed by atoms with Gasteiger partial charge in [0.15, 0.2) is 0 Å². The number of aliphatic hydroxyl groups is 2. The van der Waals surface area contributed by atoms with Crippen LogP contribution in [0.3, 0.4) is 0 Å². The second-order valence-electron chi connectivity index (χ2n) is 15.5. The number of nitrogens with one attached hydrogen (secondary N) is 1. The quantitative estimate of drug-likeness (QED) is 0.0304. The lowest BCUT2D eigenvalue weighted by Gasteiger charge is -2.25. The minimum Gasteiger partial charge on any atom is -0.393 e. The molecule has 312 valence electrons. The van der Waals surface area contributed by atoms with Crippen LogP contribution in [0.15, 0.2) is 0 Å². The summed E-state index contributed by atoms with van der Waals surface area (Å²) in [6, 6.07) is -0.890. The van der Waals surface area contributed by atoms with E-state index >= 15 is 0 Å². The number of nitrogens with two attached hydrogens (primary N) is 1. The van der Waals surface area contributed by atoms with Gasteiger partial charge < -0.3 is 26.2 Å². The molecule has 1 amide bonds. The number of rotatable bonds is 42. The Morgan fingerprint density at radius 3 is 1.29 bits per heavy atom. The molecule has 0 aromatic rings. The maximum atomic E-state index is 12.8. The lowest BCUT2D eigenvalue weighted by Crippen LogP contribution is -2.47. The highest BCUT2D eigenvalue weighted by atomic mass is 31.2. The van der Waals surface area contributed by atoms with Gasteiger partial charge in [-0.3, -0.25) is 13.8 Å². The van der Waals surface area contributed by atoms with Crippen molar-refractivity contribution in [1.29, 1.82) is 0 Å². The van der Waals surface area contributed by atoms with Crippen molar-refractivity contribution in [2.75, 3.05) is 19.8 Å². The molecule has 4 atom stereocenters. The molecule has 0 heterocycles. The standard InChI is InChI=1S/C42H87N2O7P/c1-3-5-7-9-11-13-15-17-19-20-22-24-26-28-30-32-34-41(46)40(38-51-52(48,49)50-36-35-43)44-42(47)37-39(45)33-31-29-27-25-23-21-18-16-14-12-10-8-6-4-2/h39-41,45-46H,3-38,43H2,1-2H3,(H,44,47)(H,48,49). The van der Waals surface area contributed by atoms with Gasteiger partial charge in [0.2, 0.25) is 5.91 Å². The third-order valence-corrected chi connectivity index (χ3v) is 11.2. The Morgan fingerprint density at radius 1 is 0.577 bits per heavy atom. The minimum absolute atomic E-state index is 0.0626. The number of hydrogen-bond acceptors (Lipinski definition) is 7. The van der Waals surface area contributed by atoms with Crippen LogP contribution in [-0.2, 0) is 18.4 Å². The third-order valence-electron chi connectivity index (χ3n) is 10.3. The zero-order valence-electron chi connectivity index (χ0n) is 34.2. The van der Waals surface area contributed by atoms with Crippen LogP contribution in [0.4, 0.5) is 0 Å². The van der Waals surface area contributed by atoms with Gasteiger partial charge in [0, 0.05) is 6.54 Å². The molecule has 0 radical (unpaired) electrons. The molecule has 0 saturated carbocycles. The maximum absolute atomic E-state index is 12.8. The molecule has 0 aromatic carbocycles. The van der Waals surface area contributed by atoms with Crippen LogP contribution < -0.4 is 11.1 Å². The van der Waals surface area contributed by atoms with E-state index in [2.05, 4.69) is 19.2 Å². The predicted octanol–water partition coefficient (Wildman–Crippen LogP) is 11.2. The fraction of sp³-hybridized carbons (Fsp3) is 0.976. The Balaban J connectivity index is 4.24. The SMILES string of the molecule is CCCCCCCCCCCCCCCCCCC(O)C(COP(=O)(O)OCCN)NC(=O)CC(O)CCCCCCCCCCCCCCCC. The van der Waals surface area contributed by atoms with Crippen molar-refractivity contribution in [3.8, 4) is 0 Å². The number of amides is 1. The van der Waals surface area contributed by atoms with Crippen LogP contribution in [0.5, 0.6) is 0 Å². The normalized spacial score (nSPS) is 14.7. The van der Waals surface area contributed by atoms with E-state index in [1.54, 1.807) is 0 Å². The first-order chi connectivity index (χ1) is 25.3. The van der Waals surface area contributed by atoms with Gasteiger partial charge in [0.25, 0.3) is 0 Å². The average molecular weight is 763 g/mol. The number of unbranched alkanes of at least 4 members (excludes halogenated alkanes) is 28. The van der Waals surface area contributed by atoms with Crippen LogP contribution in [0.2, 0.25) is 0 Å². The summed E-state index contributed by atoms with van der Waals surface area (Å²) in [6.07, 6.45) is 37.1. The van der Waals surface area contributed by atoms with Crippen molar-refractivity contribution >= 4 is 13.7 Å². The molecular weight excluding hydrogens is 675 g/mol. The van der Waals surface area contributed by atoms with E-state index in [-0.39, 0.29) is 26.2 Å². The Hall–Kier alpha value is -0.540. The Bertz CT molecular complexity index is 806. The molecule has 0 aromatic heterocycles. The molecule has 9 nitrogen and oxygen atoms in total. The molecule has 6 N–H and O–H groups in total. The largest absolute Gasteiger partial charge is 0.472 e. The van der Waals surface area contributed by atoms with E-state index < -0.39 is 32.0 Å². The topological polar surface area (TPSA) is 151 Å². The van der Waals surface area contributed by atoms with Crippen molar-refractivity contribution in [2.24, 2.45) is 5.73 Å². The molecule has 52 heavy (non-hydrogen) atoms.